The molecule has 0 saturated heterocycles. The van der Waals surface area contributed by atoms with Gasteiger partial charge in [-0.15, -0.1) is 0 Å². The minimum absolute atomic E-state index is 0.103. The van der Waals surface area contributed by atoms with Gasteiger partial charge in [0, 0.05) is 0 Å². The van der Waals surface area contributed by atoms with Crippen LogP contribution in [-0.4, -0.2) is 28.1 Å². The first kappa shape index (κ1) is 16.5. The van der Waals surface area contributed by atoms with Crippen molar-refractivity contribution in [3.05, 3.63) is 0 Å². The molecule has 0 amide bonds. The van der Waals surface area contributed by atoms with Gasteiger partial charge in [-0.1, -0.05) is 0 Å². The van der Waals surface area contributed by atoms with Crippen molar-refractivity contribution in [3.8, 4) is 0 Å². The second kappa shape index (κ2) is 12.0. The first-order chi connectivity index (χ1) is 7.68. The van der Waals surface area contributed by atoms with Crippen molar-refractivity contribution in [2.75, 3.05) is 0 Å². The van der Waals surface area contributed by atoms with Crippen LogP contribution in [0.25, 0.3) is 0 Å². The van der Waals surface area contributed by atoms with E-state index >= 15 is 0 Å². The zero-order valence-corrected chi connectivity index (χ0v) is 13.7. The molecule has 2 heteroatoms. The van der Waals surface area contributed by atoms with E-state index in [9.17, 15) is 5.11 Å². The first-order valence-electron chi connectivity index (χ1n) is 7.12. The van der Waals surface area contributed by atoms with E-state index < -0.39 is 0 Å². The van der Waals surface area contributed by atoms with Gasteiger partial charge in [-0.25, -0.2) is 0 Å². The SMILES string of the molecule is CCCCCCCCCCCC([AsH2])C(C)O. The van der Waals surface area contributed by atoms with Crippen LogP contribution < -0.4 is 0 Å². The summed E-state index contributed by atoms with van der Waals surface area (Å²) in [5.41, 5.74) is 0. The monoisotopic (exact) mass is 290 g/mol. The van der Waals surface area contributed by atoms with E-state index in [-0.39, 0.29) is 6.10 Å². The molecule has 0 fully saturated rings. The van der Waals surface area contributed by atoms with Crippen LogP contribution in [0.1, 0.15) is 78.1 Å². The fraction of sp³-hybridized carbons (Fsp3) is 1.00. The number of aliphatic hydroxyl groups excluding tert-OH is 1. The Morgan fingerprint density at radius 1 is 0.875 bits per heavy atom. The second-order valence-electron chi connectivity index (χ2n) is 5.02. The van der Waals surface area contributed by atoms with Gasteiger partial charge in [0.05, 0.1) is 0 Å². The number of aliphatic hydroxyl groups is 1. The summed E-state index contributed by atoms with van der Waals surface area (Å²) in [5.74, 6) is 0. The number of unbranched alkanes of at least 4 members (excludes halogenated alkanes) is 8. The van der Waals surface area contributed by atoms with Crippen LogP contribution in [0.5, 0.6) is 0 Å². The quantitative estimate of drug-likeness (QED) is 0.454. The molecule has 0 bridgehead atoms. The predicted octanol–water partition coefficient (Wildman–Crippen LogP) is 3.71. The standard InChI is InChI=1S/C14H31AsO/c1-3-4-5-6-7-8-9-10-11-12-14(15)13(2)16/h13-14,16H,3-12,15H2,1-2H3. The van der Waals surface area contributed by atoms with Crippen molar-refractivity contribution < 1.29 is 5.11 Å². The van der Waals surface area contributed by atoms with E-state index in [1.165, 1.54) is 64.2 Å². The third-order valence-corrected chi connectivity index (χ3v) is 5.13. The molecule has 0 saturated carbocycles. The number of hydrogen-bond donors (Lipinski definition) is 1. The van der Waals surface area contributed by atoms with Crippen LogP contribution in [-0.2, 0) is 0 Å². The van der Waals surface area contributed by atoms with E-state index in [1.807, 2.05) is 6.92 Å². The second-order valence-corrected chi connectivity index (χ2v) is 6.82. The van der Waals surface area contributed by atoms with Crippen LogP contribution in [0.15, 0.2) is 0 Å². The van der Waals surface area contributed by atoms with Gasteiger partial charge in [-0.3, -0.25) is 0 Å². The Balaban J connectivity index is 3.04. The summed E-state index contributed by atoms with van der Waals surface area (Å²) in [6.07, 6.45) is 13.6. The van der Waals surface area contributed by atoms with Crippen LogP contribution in [0.4, 0.5) is 0 Å². The van der Waals surface area contributed by atoms with E-state index in [2.05, 4.69) is 6.92 Å². The molecular formula is C14H31AsO. The summed E-state index contributed by atoms with van der Waals surface area (Å²) in [6.45, 7) is 4.19. The van der Waals surface area contributed by atoms with Gasteiger partial charge < -0.3 is 0 Å². The van der Waals surface area contributed by atoms with Crippen molar-refractivity contribution in [1.29, 1.82) is 0 Å². The van der Waals surface area contributed by atoms with Crippen LogP contribution in [0.2, 0.25) is 4.71 Å². The number of rotatable bonds is 11. The molecular weight excluding hydrogens is 259 g/mol. The Morgan fingerprint density at radius 3 is 1.75 bits per heavy atom. The Hall–Kier alpha value is 0.518. The predicted molar refractivity (Wildman–Crippen MR) is 75.8 cm³/mol. The van der Waals surface area contributed by atoms with E-state index in [4.69, 9.17) is 0 Å². The normalized spacial score (nSPS) is 15.0. The van der Waals surface area contributed by atoms with Gasteiger partial charge in [0.1, 0.15) is 0 Å². The van der Waals surface area contributed by atoms with E-state index in [1.54, 1.807) is 16.9 Å². The number of hydrogen-bond acceptors (Lipinski definition) is 1. The zero-order valence-electron chi connectivity index (χ0n) is 11.3. The van der Waals surface area contributed by atoms with Crippen LogP contribution in [0.3, 0.4) is 0 Å². The molecule has 3 atom stereocenters. The minimum atomic E-state index is -0.103. The molecule has 3 unspecified atom stereocenters. The molecule has 0 aliphatic carbocycles. The summed E-state index contributed by atoms with van der Waals surface area (Å²) in [5, 5.41) is 9.36. The molecule has 0 aromatic carbocycles. The molecule has 0 aliphatic heterocycles. The third kappa shape index (κ3) is 11.0. The molecule has 98 valence electrons. The topological polar surface area (TPSA) is 20.2 Å². The molecule has 0 heterocycles. The molecule has 0 aromatic rings. The fourth-order valence-corrected chi connectivity index (χ4v) is 2.43. The van der Waals surface area contributed by atoms with E-state index in [0.717, 1.165) is 0 Å². The van der Waals surface area contributed by atoms with Gasteiger partial charge in [-0.05, 0) is 0 Å². The molecule has 16 heavy (non-hydrogen) atoms. The van der Waals surface area contributed by atoms with Crippen LogP contribution in [0, 0.1) is 0 Å². The molecule has 1 N–H and O–H groups in total. The van der Waals surface area contributed by atoms with Crippen molar-refractivity contribution in [3.63, 3.8) is 0 Å². The van der Waals surface area contributed by atoms with Crippen molar-refractivity contribution >= 4 is 16.9 Å². The van der Waals surface area contributed by atoms with E-state index in [0.29, 0.717) is 4.71 Å². The van der Waals surface area contributed by atoms with Gasteiger partial charge in [0.25, 0.3) is 0 Å². The molecule has 0 aromatic heterocycles. The average Bonchev–Trinajstić information content (AvgIpc) is 2.26. The fourth-order valence-electron chi connectivity index (χ4n) is 1.93. The Kier molecular flexibility index (Phi) is 12.4. The summed E-state index contributed by atoms with van der Waals surface area (Å²) < 4.78 is 0.539. The van der Waals surface area contributed by atoms with Gasteiger partial charge in [0.2, 0.25) is 0 Å². The molecule has 0 radical (unpaired) electrons. The molecule has 0 spiro atoms. The van der Waals surface area contributed by atoms with Crippen molar-refractivity contribution in [2.24, 2.45) is 0 Å². The molecule has 0 aliphatic rings. The van der Waals surface area contributed by atoms with Gasteiger partial charge in [-0.2, -0.15) is 0 Å². The zero-order chi connectivity index (χ0) is 12.2. The summed E-state index contributed by atoms with van der Waals surface area (Å²) in [6, 6.07) is 0. The maximum atomic E-state index is 9.36. The summed E-state index contributed by atoms with van der Waals surface area (Å²) in [4.78, 5) is 0. The molecule has 1 nitrogen and oxygen atoms in total. The Bertz CT molecular complexity index is 137. The average molecular weight is 290 g/mol. The van der Waals surface area contributed by atoms with Gasteiger partial charge in [0.15, 0.2) is 0 Å². The first-order valence-corrected chi connectivity index (χ1v) is 8.52. The van der Waals surface area contributed by atoms with Crippen molar-refractivity contribution in [1.82, 2.24) is 0 Å². The maximum absolute atomic E-state index is 9.36. The summed E-state index contributed by atoms with van der Waals surface area (Å²) in [7, 11) is 0. The Labute approximate surface area is 111 Å². The third-order valence-electron chi connectivity index (χ3n) is 3.26. The van der Waals surface area contributed by atoms with Gasteiger partial charge >= 0.3 is 111 Å². The van der Waals surface area contributed by atoms with Crippen LogP contribution >= 0.6 is 0 Å². The van der Waals surface area contributed by atoms with Crippen molar-refractivity contribution in [2.45, 2.75) is 88.9 Å². The Morgan fingerprint density at radius 2 is 1.31 bits per heavy atom. The molecule has 0 rings (SSSR count). The summed E-state index contributed by atoms with van der Waals surface area (Å²) >= 11 is 1.70.